The van der Waals surface area contributed by atoms with Gasteiger partial charge in [0.1, 0.15) is 6.04 Å². The average Bonchev–Trinajstić information content (AvgIpc) is 3.19. The van der Waals surface area contributed by atoms with Gasteiger partial charge in [-0.25, -0.2) is 0 Å². The first-order chi connectivity index (χ1) is 13.0. The zero-order chi connectivity index (χ0) is 19.4. The van der Waals surface area contributed by atoms with E-state index in [1.54, 1.807) is 4.90 Å². The maximum Gasteiger partial charge on any atom is 0.251 e. The summed E-state index contributed by atoms with van der Waals surface area (Å²) in [5.41, 5.74) is 5.62. The van der Waals surface area contributed by atoms with Crippen molar-refractivity contribution >= 4 is 11.6 Å². The van der Waals surface area contributed by atoms with Gasteiger partial charge in [-0.2, -0.15) is 0 Å². The number of aryl methyl sites for hydroxylation is 2. The molecule has 0 aromatic heterocycles. The van der Waals surface area contributed by atoms with E-state index in [4.69, 9.17) is 0 Å². The van der Waals surface area contributed by atoms with Crippen LogP contribution in [0, 0.1) is 13.8 Å². The first-order valence-electron chi connectivity index (χ1n) is 9.93. The number of amides is 1. The second-order valence-corrected chi connectivity index (χ2v) is 7.91. The smallest absolute Gasteiger partial charge is 0.251 e. The average molecular weight is 367 g/mol. The molecule has 27 heavy (non-hydrogen) atoms. The van der Waals surface area contributed by atoms with Crippen molar-refractivity contribution in [3.05, 3.63) is 64.7 Å². The van der Waals surface area contributed by atoms with Crippen molar-refractivity contribution in [3.63, 3.8) is 0 Å². The molecule has 1 amide bonds. The third kappa shape index (κ3) is 4.69. The summed E-state index contributed by atoms with van der Waals surface area (Å²) in [7, 11) is 4.12. The number of likely N-dealkylation sites (tertiary alicyclic amines) is 1. The third-order valence-corrected chi connectivity index (χ3v) is 5.79. The molecule has 4 nitrogen and oxygen atoms in total. The molecule has 0 bridgehead atoms. The summed E-state index contributed by atoms with van der Waals surface area (Å²) in [6.07, 6.45) is 2.54. The van der Waals surface area contributed by atoms with Crippen LogP contribution in [-0.2, 0) is 0 Å². The molecule has 1 aliphatic rings. The highest BCUT2D eigenvalue weighted by Crippen LogP contribution is 2.17. The normalized spacial score (nSPS) is 15.6. The van der Waals surface area contributed by atoms with Crippen molar-refractivity contribution in [1.29, 1.82) is 0 Å². The van der Waals surface area contributed by atoms with Gasteiger partial charge in [-0.3, -0.25) is 4.79 Å². The van der Waals surface area contributed by atoms with Crippen LogP contribution >= 0.6 is 0 Å². The van der Waals surface area contributed by atoms with Gasteiger partial charge in [-0.1, -0.05) is 18.2 Å². The Bertz CT molecular complexity index is 777. The number of anilines is 1. The Labute approximate surface area is 163 Å². The van der Waals surface area contributed by atoms with Gasteiger partial charge in [0.2, 0.25) is 0 Å². The van der Waals surface area contributed by atoms with E-state index in [2.05, 4.69) is 62.4 Å². The van der Waals surface area contributed by atoms with E-state index in [-0.39, 0.29) is 5.91 Å². The number of benzene rings is 2. The van der Waals surface area contributed by atoms with Crippen molar-refractivity contribution in [1.82, 2.24) is 5.32 Å². The van der Waals surface area contributed by atoms with E-state index >= 15 is 0 Å². The lowest BCUT2D eigenvalue weighted by Crippen LogP contribution is -3.11. The first kappa shape index (κ1) is 19.4. The fraction of sp³-hybridized carbons (Fsp3) is 0.435. The number of nitrogens with one attached hydrogen (secondary N) is 2. The van der Waals surface area contributed by atoms with Gasteiger partial charge in [0.15, 0.2) is 0 Å². The standard InChI is InChI=1S/C23H31N3O/c1-17-7-8-20(15-18(17)2)23(27)24-16-22(26-13-5-6-14-26)19-9-11-21(12-10-19)25(3)4/h7-12,15,22H,5-6,13-14,16H2,1-4H3,(H,24,27)/p+1/t22-/m1/s1. The fourth-order valence-electron chi connectivity index (χ4n) is 3.86. The number of hydrogen-bond acceptors (Lipinski definition) is 2. The number of nitrogens with zero attached hydrogens (tertiary/aromatic N) is 1. The monoisotopic (exact) mass is 366 g/mol. The van der Waals surface area contributed by atoms with Crippen LogP contribution in [0.1, 0.15) is 45.9 Å². The Balaban J connectivity index is 1.73. The second-order valence-electron chi connectivity index (χ2n) is 7.91. The summed E-state index contributed by atoms with van der Waals surface area (Å²) in [6.45, 7) is 7.15. The van der Waals surface area contributed by atoms with E-state index in [1.165, 1.54) is 42.7 Å². The molecule has 2 aromatic rings. The Kier molecular flexibility index (Phi) is 6.17. The molecule has 0 spiro atoms. The van der Waals surface area contributed by atoms with E-state index in [1.807, 2.05) is 18.2 Å². The highest BCUT2D eigenvalue weighted by atomic mass is 16.1. The lowest BCUT2D eigenvalue weighted by atomic mass is 10.0. The van der Waals surface area contributed by atoms with Crippen molar-refractivity contribution in [2.24, 2.45) is 0 Å². The van der Waals surface area contributed by atoms with E-state index in [9.17, 15) is 4.79 Å². The maximum atomic E-state index is 12.7. The summed E-state index contributed by atoms with van der Waals surface area (Å²) in [5.74, 6) is 0.0200. The molecular weight excluding hydrogens is 334 g/mol. The molecular formula is C23H32N3O+. The number of rotatable bonds is 6. The Morgan fingerprint density at radius 1 is 1.04 bits per heavy atom. The molecule has 2 N–H and O–H groups in total. The predicted octanol–water partition coefficient (Wildman–Crippen LogP) is 2.52. The third-order valence-electron chi connectivity index (χ3n) is 5.79. The topological polar surface area (TPSA) is 36.8 Å². The molecule has 1 heterocycles. The molecule has 4 heteroatoms. The van der Waals surface area contributed by atoms with Crippen molar-refractivity contribution in [2.75, 3.05) is 38.6 Å². The molecule has 144 valence electrons. The maximum absolute atomic E-state index is 12.7. The highest BCUT2D eigenvalue weighted by molar-refractivity contribution is 5.94. The van der Waals surface area contributed by atoms with Gasteiger partial charge >= 0.3 is 0 Å². The number of quaternary nitrogens is 1. The van der Waals surface area contributed by atoms with Crippen LogP contribution in [0.3, 0.4) is 0 Å². The minimum Gasteiger partial charge on any atom is -0.378 e. The van der Waals surface area contributed by atoms with Gasteiger partial charge in [0, 0.05) is 43.8 Å². The summed E-state index contributed by atoms with van der Waals surface area (Å²) < 4.78 is 0. The van der Waals surface area contributed by atoms with E-state index < -0.39 is 0 Å². The summed E-state index contributed by atoms with van der Waals surface area (Å²) in [5, 5.41) is 3.19. The van der Waals surface area contributed by atoms with Crippen LogP contribution in [0.4, 0.5) is 5.69 Å². The zero-order valence-corrected chi connectivity index (χ0v) is 17.0. The molecule has 0 unspecified atom stereocenters. The van der Waals surface area contributed by atoms with Gasteiger partial charge in [0.25, 0.3) is 5.91 Å². The SMILES string of the molecule is Cc1ccc(C(=O)NC[C@H](c2ccc(N(C)C)cc2)[NH+]2CCCC2)cc1C. The Morgan fingerprint density at radius 2 is 1.70 bits per heavy atom. The molecule has 0 aliphatic carbocycles. The molecule has 1 aliphatic heterocycles. The van der Waals surface area contributed by atoms with Crippen LogP contribution in [0.2, 0.25) is 0 Å². The molecule has 1 saturated heterocycles. The molecule has 3 rings (SSSR count). The summed E-state index contributed by atoms with van der Waals surface area (Å²) in [4.78, 5) is 16.4. The molecule has 2 aromatic carbocycles. The van der Waals surface area contributed by atoms with Crippen LogP contribution < -0.4 is 15.1 Å². The van der Waals surface area contributed by atoms with Crippen molar-refractivity contribution < 1.29 is 9.69 Å². The number of hydrogen-bond donors (Lipinski definition) is 2. The van der Waals surface area contributed by atoms with Crippen LogP contribution in [0.25, 0.3) is 0 Å². The molecule has 1 atom stereocenters. The first-order valence-corrected chi connectivity index (χ1v) is 9.93. The number of carbonyl (C=O) groups is 1. The summed E-state index contributed by atoms with van der Waals surface area (Å²) in [6, 6.07) is 15.0. The van der Waals surface area contributed by atoms with Crippen LogP contribution in [0.15, 0.2) is 42.5 Å². The van der Waals surface area contributed by atoms with Crippen LogP contribution in [-0.4, -0.2) is 39.6 Å². The van der Waals surface area contributed by atoms with E-state index in [0.29, 0.717) is 12.6 Å². The van der Waals surface area contributed by atoms with Gasteiger partial charge < -0.3 is 15.1 Å². The van der Waals surface area contributed by atoms with Gasteiger partial charge in [0.05, 0.1) is 19.6 Å². The largest absolute Gasteiger partial charge is 0.378 e. The zero-order valence-electron chi connectivity index (χ0n) is 17.0. The van der Waals surface area contributed by atoms with Crippen molar-refractivity contribution in [2.45, 2.75) is 32.7 Å². The minimum absolute atomic E-state index is 0.0200. The van der Waals surface area contributed by atoms with Crippen LogP contribution in [0.5, 0.6) is 0 Å². The van der Waals surface area contributed by atoms with Gasteiger partial charge in [-0.05, 0) is 49.2 Å². The highest BCUT2D eigenvalue weighted by Gasteiger charge is 2.28. The van der Waals surface area contributed by atoms with Gasteiger partial charge in [-0.15, -0.1) is 0 Å². The lowest BCUT2D eigenvalue weighted by Gasteiger charge is -2.26. The lowest BCUT2D eigenvalue weighted by molar-refractivity contribution is -0.918. The fourth-order valence-corrected chi connectivity index (χ4v) is 3.86. The Morgan fingerprint density at radius 3 is 2.30 bits per heavy atom. The molecule has 0 radical (unpaired) electrons. The van der Waals surface area contributed by atoms with Crippen molar-refractivity contribution in [3.8, 4) is 0 Å². The quantitative estimate of drug-likeness (QED) is 0.824. The minimum atomic E-state index is 0.0200. The molecule has 0 saturated carbocycles. The molecule has 1 fully saturated rings. The Hall–Kier alpha value is -2.33. The number of carbonyl (C=O) groups excluding carboxylic acids is 1. The summed E-state index contributed by atoms with van der Waals surface area (Å²) >= 11 is 0. The van der Waals surface area contributed by atoms with E-state index in [0.717, 1.165) is 11.1 Å². The predicted molar refractivity (Wildman–Crippen MR) is 112 cm³/mol. The second kappa shape index (κ2) is 8.57.